The van der Waals surface area contributed by atoms with E-state index in [1.165, 1.54) is 0 Å². The Kier molecular flexibility index (Phi) is 4.71. The molecule has 0 saturated heterocycles. The van der Waals surface area contributed by atoms with E-state index in [0.717, 1.165) is 0 Å². The third kappa shape index (κ3) is 5.07. The van der Waals surface area contributed by atoms with Crippen LogP contribution in [0.15, 0.2) is 0 Å². The molecule has 0 aromatic heterocycles. The number of carbonyl (C=O) groups is 2. The maximum atomic E-state index is 10.4. The van der Waals surface area contributed by atoms with E-state index in [1.54, 1.807) is 12.2 Å². The van der Waals surface area contributed by atoms with Gasteiger partial charge in [0.2, 0.25) is 7.98 Å². The van der Waals surface area contributed by atoms with E-state index in [4.69, 9.17) is 0 Å². The first-order valence-electron chi connectivity index (χ1n) is 2.90. The molecule has 0 aromatic rings. The van der Waals surface area contributed by atoms with Crippen LogP contribution in [0.25, 0.3) is 0 Å². The minimum atomic E-state index is -0.740. The highest BCUT2D eigenvalue weighted by Gasteiger charge is 1.99. The molecule has 0 rings (SSSR count). The number of hydrazine groups is 1. The summed E-state index contributed by atoms with van der Waals surface area (Å²) < 4.78 is 4.40. The summed E-state index contributed by atoms with van der Waals surface area (Å²) in [6.45, 7) is 1.88. The quantitative estimate of drug-likeness (QED) is 0.338. The first-order chi connectivity index (χ1) is 5.20. The molecule has 3 amide bonds. The molecular weight excluding hydrogens is 149 g/mol. The van der Waals surface area contributed by atoms with Crippen LogP contribution in [-0.4, -0.2) is 26.7 Å². The standard InChI is InChI=1S/C4H8BN3O3/c1-2-11-4(10)8-7-3(9)6-5/h2H2,1H3,(H,8,10)(H2,6,7,9). The lowest BCUT2D eigenvalue weighted by Gasteiger charge is -2.05. The number of hydrogen-bond acceptors (Lipinski definition) is 3. The molecule has 0 saturated carbocycles. The predicted molar refractivity (Wildman–Crippen MR) is 37.6 cm³/mol. The van der Waals surface area contributed by atoms with Gasteiger partial charge in [-0.15, -0.1) is 0 Å². The summed E-state index contributed by atoms with van der Waals surface area (Å²) in [5, 5.41) is 1.74. The van der Waals surface area contributed by atoms with E-state index in [9.17, 15) is 9.59 Å². The van der Waals surface area contributed by atoms with E-state index in [2.05, 4.69) is 12.7 Å². The van der Waals surface area contributed by atoms with Crippen LogP contribution in [0.2, 0.25) is 0 Å². The summed E-state index contributed by atoms with van der Waals surface area (Å²) in [4.78, 5) is 20.7. The monoisotopic (exact) mass is 157 g/mol. The number of nitrogens with one attached hydrogen (secondary N) is 3. The zero-order chi connectivity index (χ0) is 8.69. The van der Waals surface area contributed by atoms with Crippen LogP contribution < -0.4 is 16.1 Å². The van der Waals surface area contributed by atoms with Gasteiger partial charge in [-0.1, -0.05) is 0 Å². The van der Waals surface area contributed by atoms with Gasteiger partial charge in [0, 0.05) is 0 Å². The summed E-state index contributed by atoms with van der Waals surface area (Å²) in [7, 11) is 4.68. The molecule has 0 atom stereocenters. The van der Waals surface area contributed by atoms with Crippen LogP contribution in [0.4, 0.5) is 9.59 Å². The minimum absolute atomic E-state index is 0.234. The first kappa shape index (κ1) is 9.60. The van der Waals surface area contributed by atoms with Gasteiger partial charge in [0.1, 0.15) is 0 Å². The molecule has 0 aliphatic rings. The van der Waals surface area contributed by atoms with Gasteiger partial charge in [-0.25, -0.2) is 20.4 Å². The van der Waals surface area contributed by atoms with E-state index < -0.39 is 12.1 Å². The van der Waals surface area contributed by atoms with Crippen LogP contribution >= 0.6 is 0 Å². The van der Waals surface area contributed by atoms with Gasteiger partial charge in [-0.3, -0.25) is 0 Å². The van der Waals surface area contributed by atoms with Gasteiger partial charge in [0.05, 0.1) is 6.61 Å². The Balaban J connectivity index is 3.38. The fourth-order valence-corrected chi connectivity index (χ4v) is 0.311. The van der Waals surface area contributed by atoms with Gasteiger partial charge < -0.3 is 9.96 Å². The van der Waals surface area contributed by atoms with Crippen molar-refractivity contribution in [2.75, 3.05) is 6.61 Å². The Morgan fingerprint density at radius 2 is 2.09 bits per heavy atom. The second-order valence-electron chi connectivity index (χ2n) is 1.44. The molecule has 3 N–H and O–H groups in total. The maximum Gasteiger partial charge on any atom is 0.426 e. The number of carbonyl (C=O) groups excluding carboxylic acids is 2. The summed E-state index contributed by atoms with van der Waals surface area (Å²) in [5.41, 5.74) is 3.85. The lowest BCUT2D eigenvalue weighted by molar-refractivity contribution is 0.147. The molecule has 0 aliphatic heterocycles. The SMILES string of the molecule is [B]NC(=O)NNC(=O)OCC. The summed E-state index contributed by atoms with van der Waals surface area (Å²) in [5.74, 6) is 0. The van der Waals surface area contributed by atoms with Gasteiger partial charge in [0.25, 0.3) is 0 Å². The first-order valence-corrected chi connectivity index (χ1v) is 2.90. The van der Waals surface area contributed by atoms with Crippen molar-refractivity contribution in [2.45, 2.75) is 6.92 Å². The van der Waals surface area contributed by atoms with E-state index in [1.807, 2.05) is 10.9 Å². The van der Waals surface area contributed by atoms with Crippen molar-refractivity contribution in [1.29, 1.82) is 0 Å². The molecule has 0 fully saturated rings. The molecule has 0 bridgehead atoms. The molecule has 2 radical (unpaired) electrons. The van der Waals surface area contributed by atoms with Crippen LogP contribution in [0.1, 0.15) is 6.92 Å². The summed E-state index contributed by atoms with van der Waals surface area (Å²) >= 11 is 0. The Morgan fingerprint density at radius 1 is 1.45 bits per heavy atom. The second-order valence-corrected chi connectivity index (χ2v) is 1.44. The molecule has 0 aliphatic carbocycles. The molecule has 11 heavy (non-hydrogen) atoms. The highest BCUT2D eigenvalue weighted by molar-refractivity contribution is 6.13. The predicted octanol–water partition coefficient (Wildman–Crippen LogP) is -0.970. The van der Waals surface area contributed by atoms with Crippen LogP contribution in [0.3, 0.4) is 0 Å². The normalized spacial score (nSPS) is 8.09. The van der Waals surface area contributed by atoms with Gasteiger partial charge in [-0.05, 0) is 6.92 Å². The second kappa shape index (κ2) is 5.39. The molecule has 60 valence electrons. The topological polar surface area (TPSA) is 79.5 Å². The van der Waals surface area contributed by atoms with Crippen LogP contribution in [0.5, 0.6) is 0 Å². The maximum absolute atomic E-state index is 10.4. The van der Waals surface area contributed by atoms with Gasteiger partial charge in [-0.2, -0.15) is 0 Å². The largest absolute Gasteiger partial charge is 0.449 e. The van der Waals surface area contributed by atoms with E-state index in [-0.39, 0.29) is 6.61 Å². The number of ether oxygens (including phenoxy) is 1. The third-order valence-electron chi connectivity index (χ3n) is 0.685. The molecule has 0 unspecified atom stereocenters. The van der Waals surface area contributed by atoms with E-state index >= 15 is 0 Å². The lowest BCUT2D eigenvalue weighted by Crippen LogP contribution is -2.46. The summed E-state index contributed by atoms with van der Waals surface area (Å²) in [6.07, 6.45) is -0.740. The van der Waals surface area contributed by atoms with Gasteiger partial charge >= 0.3 is 12.1 Å². The van der Waals surface area contributed by atoms with Crippen molar-refractivity contribution in [1.82, 2.24) is 16.1 Å². The molecule has 0 heterocycles. The Morgan fingerprint density at radius 3 is 2.55 bits per heavy atom. The number of amides is 3. The molecule has 0 aromatic carbocycles. The van der Waals surface area contributed by atoms with Crippen molar-refractivity contribution >= 4 is 20.1 Å². The van der Waals surface area contributed by atoms with Crippen molar-refractivity contribution in [3.63, 3.8) is 0 Å². The average Bonchev–Trinajstić information content (AvgIpc) is 2.01. The lowest BCUT2D eigenvalue weighted by atomic mass is 10.4. The van der Waals surface area contributed by atoms with Crippen molar-refractivity contribution < 1.29 is 14.3 Å². The third-order valence-corrected chi connectivity index (χ3v) is 0.685. The molecule has 7 heteroatoms. The highest BCUT2D eigenvalue weighted by atomic mass is 16.6. The molecular formula is C4H8BN3O3. The average molecular weight is 157 g/mol. The Labute approximate surface area is 65.1 Å². The van der Waals surface area contributed by atoms with Crippen molar-refractivity contribution in [3.8, 4) is 0 Å². The van der Waals surface area contributed by atoms with Crippen molar-refractivity contribution in [3.05, 3.63) is 0 Å². The number of hydrogen-bond donors (Lipinski definition) is 3. The zero-order valence-corrected chi connectivity index (χ0v) is 6.01. The fourth-order valence-electron chi connectivity index (χ4n) is 0.311. The molecule has 6 nitrogen and oxygen atoms in total. The fraction of sp³-hybridized carbons (Fsp3) is 0.500. The highest BCUT2D eigenvalue weighted by Crippen LogP contribution is 1.71. The number of rotatable bonds is 1. The Bertz CT molecular complexity index is 152. The van der Waals surface area contributed by atoms with E-state index in [0.29, 0.717) is 0 Å². The Hall–Kier alpha value is -1.40. The minimum Gasteiger partial charge on any atom is -0.449 e. The zero-order valence-electron chi connectivity index (χ0n) is 6.01. The molecule has 0 spiro atoms. The van der Waals surface area contributed by atoms with Crippen LogP contribution in [-0.2, 0) is 4.74 Å². The van der Waals surface area contributed by atoms with Crippen molar-refractivity contribution in [2.24, 2.45) is 0 Å². The number of urea groups is 1. The van der Waals surface area contributed by atoms with Gasteiger partial charge in [0.15, 0.2) is 0 Å². The smallest absolute Gasteiger partial charge is 0.426 e. The van der Waals surface area contributed by atoms with Crippen LogP contribution in [0, 0.1) is 0 Å². The summed E-state index contributed by atoms with van der Waals surface area (Å²) in [6, 6.07) is -0.724.